The summed E-state index contributed by atoms with van der Waals surface area (Å²) in [4.78, 5) is 27.1. The van der Waals surface area contributed by atoms with Gasteiger partial charge in [-0.3, -0.25) is 9.78 Å². The first kappa shape index (κ1) is 13.7. The summed E-state index contributed by atoms with van der Waals surface area (Å²) >= 11 is 0. The number of carbonyl (C=O) groups is 2. The Labute approximate surface area is 91.6 Å². The third-order valence-electron chi connectivity index (χ3n) is 1.22. The van der Waals surface area contributed by atoms with E-state index in [4.69, 9.17) is 10.2 Å². The van der Waals surface area contributed by atoms with Crippen LogP contribution in [-0.2, 0) is 14.4 Å². The Morgan fingerprint density at radius 1 is 1.50 bits per heavy atom. The number of aromatic hydroxyl groups is 2. The van der Waals surface area contributed by atoms with Crippen molar-refractivity contribution in [1.29, 1.82) is 0 Å². The summed E-state index contributed by atoms with van der Waals surface area (Å²) < 4.78 is 0. The Hall–Kier alpha value is -2.31. The minimum Gasteiger partial charge on any atom is -0.506 e. The fourth-order valence-electron chi connectivity index (χ4n) is 0.578. The first-order valence-corrected chi connectivity index (χ1v) is 4.32. The zero-order chi connectivity index (χ0) is 12.4. The molecule has 1 heterocycles. The molecule has 1 aromatic rings. The van der Waals surface area contributed by atoms with Crippen LogP contribution >= 0.6 is 0 Å². The van der Waals surface area contributed by atoms with E-state index >= 15 is 0 Å². The minimum absolute atomic E-state index is 0.0231. The summed E-state index contributed by atoms with van der Waals surface area (Å²) in [6.07, 6.45) is 3.06. The lowest BCUT2D eigenvalue weighted by molar-refractivity contribution is -0.154. The predicted molar refractivity (Wildman–Crippen MR) is 53.1 cm³/mol. The van der Waals surface area contributed by atoms with Crippen molar-refractivity contribution in [3.63, 3.8) is 0 Å². The van der Waals surface area contributed by atoms with Crippen molar-refractivity contribution in [2.45, 2.75) is 13.3 Å². The quantitative estimate of drug-likeness (QED) is 0.500. The molecule has 0 aliphatic carbocycles. The Bertz CT molecular complexity index is 325. The molecule has 0 saturated carbocycles. The lowest BCUT2D eigenvalue weighted by atomic mass is 10.4. The lowest BCUT2D eigenvalue weighted by Gasteiger charge is -1.94. The highest BCUT2D eigenvalue weighted by atomic mass is 16.7. The van der Waals surface area contributed by atoms with Gasteiger partial charge in [0.1, 0.15) is 11.5 Å². The molecule has 1 aromatic heterocycles. The van der Waals surface area contributed by atoms with Crippen molar-refractivity contribution in [3.8, 4) is 11.5 Å². The van der Waals surface area contributed by atoms with Gasteiger partial charge < -0.3 is 15.1 Å². The number of nitrogens with one attached hydrogen (secondary N) is 1. The van der Waals surface area contributed by atoms with Crippen molar-refractivity contribution in [2.75, 3.05) is 0 Å². The van der Waals surface area contributed by atoms with Gasteiger partial charge in [-0.15, -0.1) is 0 Å². The maximum Gasteiger partial charge on any atom is 0.331 e. The second kappa shape index (κ2) is 8.04. The van der Waals surface area contributed by atoms with E-state index < -0.39 is 5.97 Å². The molecule has 3 N–H and O–H groups in total. The number of aromatic nitrogens is 1. The number of hydroxylamine groups is 1. The van der Waals surface area contributed by atoms with Crippen LogP contribution < -0.4 is 5.48 Å². The average Bonchev–Trinajstić information content (AvgIpc) is 2.26. The summed E-state index contributed by atoms with van der Waals surface area (Å²) in [6.45, 7) is 1.63. The van der Waals surface area contributed by atoms with Gasteiger partial charge in [0.05, 0.1) is 12.4 Å². The molecule has 88 valence electrons. The maximum absolute atomic E-state index is 10.1. The summed E-state index contributed by atoms with van der Waals surface area (Å²) in [7, 11) is 0. The molecule has 0 saturated heterocycles. The molecular formula is C9H12N2O5. The van der Waals surface area contributed by atoms with Crippen molar-refractivity contribution >= 4 is 12.4 Å². The number of hydrogen-bond donors (Lipinski definition) is 3. The molecule has 7 heteroatoms. The van der Waals surface area contributed by atoms with Gasteiger partial charge in [-0.1, -0.05) is 6.92 Å². The first-order chi connectivity index (χ1) is 7.60. The Morgan fingerprint density at radius 3 is 2.38 bits per heavy atom. The van der Waals surface area contributed by atoms with Gasteiger partial charge in [-0.25, -0.2) is 4.79 Å². The fraction of sp³-hybridized carbons (Fsp3) is 0.222. The molecule has 0 atom stereocenters. The summed E-state index contributed by atoms with van der Waals surface area (Å²) in [6, 6.07) is 1.22. The smallest absolute Gasteiger partial charge is 0.331 e. The maximum atomic E-state index is 10.1. The second-order valence-electron chi connectivity index (χ2n) is 2.46. The van der Waals surface area contributed by atoms with Gasteiger partial charge >= 0.3 is 5.97 Å². The molecule has 1 rings (SSSR count). The van der Waals surface area contributed by atoms with Crippen LogP contribution in [0.3, 0.4) is 0 Å². The zero-order valence-corrected chi connectivity index (χ0v) is 8.58. The molecule has 0 spiro atoms. The molecule has 0 unspecified atom stereocenters. The minimum atomic E-state index is -0.447. The van der Waals surface area contributed by atoms with E-state index in [1.54, 1.807) is 12.4 Å². The largest absolute Gasteiger partial charge is 0.506 e. The van der Waals surface area contributed by atoms with Gasteiger partial charge in [-0.05, 0) is 0 Å². The number of pyridine rings is 1. The van der Waals surface area contributed by atoms with E-state index in [0.717, 1.165) is 0 Å². The van der Waals surface area contributed by atoms with Gasteiger partial charge in [0.25, 0.3) is 0 Å². The molecule has 0 bridgehead atoms. The van der Waals surface area contributed by atoms with Crippen LogP contribution in [0.15, 0.2) is 18.5 Å². The molecule has 16 heavy (non-hydrogen) atoms. The third-order valence-corrected chi connectivity index (χ3v) is 1.22. The molecule has 0 aliphatic rings. The highest BCUT2D eigenvalue weighted by molar-refractivity contribution is 5.69. The molecule has 0 radical (unpaired) electrons. The number of carbonyl (C=O) groups excluding carboxylic acids is 2. The monoisotopic (exact) mass is 228 g/mol. The van der Waals surface area contributed by atoms with Gasteiger partial charge in [0, 0.05) is 12.5 Å². The fourth-order valence-corrected chi connectivity index (χ4v) is 0.578. The molecule has 0 aromatic carbocycles. The first-order valence-electron chi connectivity index (χ1n) is 4.32. The Morgan fingerprint density at radius 2 is 2.06 bits per heavy atom. The van der Waals surface area contributed by atoms with E-state index in [1.807, 2.05) is 0 Å². The van der Waals surface area contributed by atoms with Crippen LogP contribution in [0.4, 0.5) is 0 Å². The van der Waals surface area contributed by atoms with Crippen LogP contribution in [-0.4, -0.2) is 27.6 Å². The molecule has 7 nitrogen and oxygen atoms in total. The van der Waals surface area contributed by atoms with E-state index in [2.05, 4.69) is 9.82 Å². The van der Waals surface area contributed by atoms with Crippen LogP contribution in [0.5, 0.6) is 11.5 Å². The molecular weight excluding hydrogens is 216 g/mol. The van der Waals surface area contributed by atoms with E-state index in [0.29, 0.717) is 6.41 Å². The average molecular weight is 228 g/mol. The number of nitrogens with zero attached hydrogens (tertiary/aromatic N) is 1. The molecule has 0 fully saturated rings. The Balaban J connectivity index is 0.000000281. The van der Waals surface area contributed by atoms with Crippen LogP contribution in [0.2, 0.25) is 0 Å². The van der Waals surface area contributed by atoms with Crippen LogP contribution in [0.1, 0.15) is 13.3 Å². The van der Waals surface area contributed by atoms with Crippen molar-refractivity contribution < 1.29 is 24.6 Å². The van der Waals surface area contributed by atoms with Crippen molar-refractivity contribution in [2.24, 2.45) is 0 Å². The molecule has 1 amide bonds. The summed E-state index contributed by atoms with van der Waals surface area (Å²) in [5.74, 6) is -0.493. The van der Waals surface area contributed by atoms with Gasteiger partial charge in [0.15, 0.2) is 0 Å². The van der Waals surface area contributed by atoms with Crippen LogP contribution in [0.25, 0.3) is 0 Å². The lowest BCUT2D eigenvalue weighted by Crippen LogP contribution is -2.16. The number of hydrogen-bond acceptors (Lipinski definition) is 6. The number of amides is 1. The predicted octanol–water partition coefficient (Wildman–Crippen LogP) is 0.0934. The Kier molecular flexibility index (Phi) is 6.88. The number of rotatable bonds is 3. The zero-order valence-electron chi connectivity index (χ0n) is 8.58. The highest BCUT2D eigenvalue weighted by Gasteiger charge is 1.93. The van der Waals surface area contributed by atoms with Crippen LogP contribution in [0, 0.1) is 0 Å². The standard InChI is InChI=1S/C5H5NO2.C4H7NO3/c7-4-1-5(8)3-6-2-4;1-2-4(7)8-5-3-6/h1-3,7-8H;3H,2H2,1H3,(H,5,6). The third kappa shape index (κ3) is 7.13. The van der Waals surface area contributed by atoms with E-state index in [-0.39, 0.29) is 17.9 Å². The van der Waals surface area contributed by atoms with Crippen molar-refractivity contribution in [1.82, 2.24) is 10.5 Å². The summed E-state index contributed by atoms with van der Waals surface area (Å²) in [5, 5.41) is 17.2. The van der Waals surface area contributed by atoms with E-state index in [1.165, 1.54) is 18.5 Å². The summed E-state index contributed by atoms with van der Waals surface area (Å²) in [5.41, 5.74) is 1.77. The highest BCUT2D eigenvalue weighted by Crippen LogP contribution is 2.12. The molecule has 0 aliphatic heterocycles. The van der Waals surface area contributed by atoms with Gasteiger partial charge in [0.2, 0.25) is 6.41 Å². The second-order valence-corrected chi connectivity index (χ2v) is 2.46. The normalized spacial score (nSPS) is 8.31. The van der Waals surface area contributed by atoms with E-state index in [9.17, 15) is 9.59 Å². The van der Waals surface area contributed by atoms with Gasteiger partial charge in [-0.2, -0.15) is 5.48 Å². The van der Waals surface area contributed by atoms with Crippen molar-refractivity contribution in [3.05, 3.63) is 18.5 Å². The topological polar surface area (TPSA) is 109 Å². The SMILES string of the molecule is CCC(=O)ONC=O.Oc1cncc(O)c1.